The molecule has 0 saturated carbocycles. The molecule has 0 spiro atoms. The van der Waals surface area contributed by atoms with Crippen LogP contribution in [0.5, 0.6) is 0 Å². The number of Topliss-reactive ketones (excluding diaryl/α,β-unsaturated/α-hetero) is 1. The monoisotopic (exact) mass is 205 g/mol. The lowest BCUT2D eigenvalue weighted by Gasteiger charge is -1.99. The second-order valence-electron chi connectivity index (χ2n) is 3.03. The van der Waals surface area contributed by atoms with Crippen LogP contribution in [0.1, 0.15) is 16.2 Å². The van der Waals surface area contributed by atoms with Crippen molar-refractivity contribution in [2.75, 3.05) is 0 Å². The predicted molar refractivity (Wildman–Crippen MR) is 50.8 cm³/mol. The maximum atomic E-state index is 13.2. The third-order valence-electron chi connectivity index (χ3n) is 1.99. The molecular weight excluding hydrogens is 197 g/mol. The average molecular weight is 205 g/mol. The van der Waals surface area contributed by atoms with E-state index in [4.69, 9.17) is 0 Å². The van der Waals surface area contributed by atoms with Crippen LogP contribution >= 0.6 is 0 Å². The Morgan fingerprint density at radius 2 is 2.20 bits per heavy atom. The average Bonchev–Trinajstić information content (AvgIpc) is 2.74. The summed E-state index contributed by atoms with van der Waals surface area (Å²) in [4.78, 5) is 15.2. The van der Waals surface area contributed by atoms with Crippen molar-refractivity contribution in [1.29, 1.82) is 0 Å². The minimum atomic E-state index is -0.384. The quantitative estimate of drug-likeness (QED) is 0.770. The van der Waals surface area contributed by atoms with Gasteiger partial charge in [0.25, 0.3) is 0 Å². The number of carbonyl (C=O) groups excluding carboxylic acids is 1. The van der Waals surface area contributed by atoms with E-state index in [1.54, 1.807) is 18.2 Å². The minimum Gasteiger partial charge on any atom is -0.290 e. The summed E-state index contributed by atoms with van der Waals surface area (Å²) in [6, 6.07) is 6.16. The molecule has 2 rings (SSSR count). The fourth-order valence-electron chi connectivity index (χ4n) is 1.24. The summed E-state index contributed by atoms with van der Waals surface area (Å²) in [5, 5.41) is 6.00. The summed E-state index contributed by atoms with van der Waals surface area (Å²) in [5.74, 6) is -0.513. The van der Waals surface area contributed by atoms with Crippen molar-refractivity contribution in [3.8, 4) is 0 Å². The van der Waals surface area contributed by atoms with E-state index in [0.29, 0.717) is 5.56 Å². The summed E-state index contributed by atoms with van der Waals surface area (Å²) < 4.78 is 13.2. The SMILES string of the molecule is O=C(Cc1ccccc1F)c1ncn[nH]1. The molecule has 1 N–H and O–H groups in total. The van der Waals surface area contributed by atoms with Gasteiger partial charge in [0.1, 0.15) is 12.1 Å². The number of nitrogens with zero attached hydrogens (tertiary/aromatic N) is 2. The van der Waals surface area contributed by atoms with Gasteiger partial charge < -0.3 is 0 Å². The lowest BCUT2D eigenvalue weighted by molar-refractivity contribution is 0.0982. The molecule has 1 heterocycles. The molecule has 76 valence electrons. The Labute approximate surface area is 85.2 Å². The molecule has 1 aromatic heterocycles. The van der Waals surface area contributed by atoms with E-state index in [1.807, 2.05) is 0 Å². The van der Waals surface area contributed by atoms with Crippen LogP contribution in [0.3, 0.4) is 0 Å². The van der Waals surface area contributed by atoms with Crippen LogP contribution in [0.4, 0.5) is 4.39 Å². The largest absolute Gasteiger partial charge is 0.290 e. The normalized spacial score (nSPS) is 10.2. The van der Waals surface area contributed by atoms with Gasteiger partial charge in [0.05, 0.1) is 0 Å². The van der Waals surface area contributed by atoms with E-state index >= 15 is 0 Å². The van der Waals surface area contributed by atoms with Crippen LogP contribution in [-0.4, -0.2) is 21.0 Å². The van der Waals surface area contributed by atoms with Gasteiger partial charge in [-0.2, -0.15) is 5.10 Å². The molecule has 0 bridgehead atoms. The van der Waals surface area contributed by atoms with Crippen LogP contribution in [0.25, 0.3) is 0 Å². The fourth-order valence-corrected chi connectivity index (χ4v) is 1.24. The van der Waals surface area contributed by atoms with Crippen LogP contribution in [0, 0.1) is 5.82 Å². The number of benzene rings is 1. The summed E-state index contributed by atoms with van der Waals surface area (Å²) in [7, 11) is 0. The molecule has 0 fully saturated rings. The van der Waals surface area contributed by atoms with E-state index in [-0.39, 0.29) is 23.8 Å². The molecule has 0 aliphatic heterocycles. The maximum absolute atomic E-state index is 13.2. The number of hydrogen-bond donors (Lipinski definition) is 1. The molecule has 0 unspecified atom stereocenters. The highest BCUT2D eigenvalue weighted by molar-refractivity contribution is 5.93. The molecule has 4 nitrogen and oxygen atoms in total. The Balaban J connectivity index is 2.17. The van der Waals surface area contributed by atoms with Crippen molar-refractivity contribution in [2.45, 2.75) is 6.42 Å². The van der Waals surface area contributed by atoms with Crippen molar-refractivity contribution in [3.63, 3.8) is 0 Å². The minimum absolute atomic E-state index is 0.0120. The summed E-state index contributed by atoms with van der Waals surface area (Å²) in [6.45, 7) is 0. The van der Waals surface area contributed by atoms with E-state index < -0.39 is 0 Å². The van der Waals surface area contributed by atoms with Gasteiger partial charge in [0, 0.05) is 6.42 Å². The second kappa shape index (κ2) is 4.00. The predicted octanol–water partition coefficient (Wildman–Crippen LogP) is 1.37. The lowest BCUT2D eigenvalue weighted by Crippen LogP contribution is -2.07. The lowest BCUT2D eigenvalue weighted by atomic mass is 10.1. The number of nitrogens with one attached hydrogen (secondary N) is 1. The summed E-state index contributed by atoms with van der Waals surface area (Å²) in [5.41, 5.74) is 0.360. The molecule has 0 aliphatic rings. The van der Waals surface area contributed by atoms with Gasteiger partial charge in [0.15, 0.2) is 5.82 Å². The second-order valence-corrected chi connectivity index (χ2v) is 3.03. The Kier molecular flexibility index (Phi) is 2.53. The number of ketones is 1. The number of H-pyrrole nitrogens is 1. The van der Waals surface area contributed by atoms with Gasteiger partial charge in [-0.25, -0.2) is 9.37 Å². The van der Waals surface area contributed by atoms with Crippen molar-refractivity contribution < 1.29 is 9.18 Å². The number of carbonyl (C=O) groups is 1. The maximum Gasteiger partial charge on any atom is 0.204 e. The first-order valence-corrected chi connectivity index (χ1v) is 4.39. The van der Waals surface area contributed by atoms with Crippen LogP contribution in [0.2, 0.25) is 0 Å². The highest BCUT2D eigenvalue weighted by Gasteiger charge is 2.11. The van der Waals surface area contributed by atoms with Crippen molar-refractivity contribution in [3.05, 3.63) is 47.8 Å². The molecule has 2 aromatic rings. The van der Waals surface area contributed by atoms with Gasteiger partial charge in [-0.05, 0) is 11.6 Å². The first-order valence-electron chi connectivity index (χ1n) is 4.39. The third-order valence-corrected chi connectivity index (χ3v) is 1.99. The molecule has 15 heavy (non-hydrogen) atoms. The van der Waals surface area contributed by atoms with E-state index in [2.05, 4.69) is 15.2 Å². The van der Waals surface area contributed by atoms with Gasteiger partial charge in [-0.1, -0.05) is 18.2 Å². The molecule has 5 heteroatoms. The Bertz CT molecular complexity index is 467. The molecule has 1 aromatic carbocycles. The Morgan fingerprint density at radius 3 is 2.87 bits per heavy atom. The number of aromatic amines is 1. The zero-order valence-corrected chi connectivity index (χ0v) is 7.77. The Morgan fingerprint density at radius 1 is 1.40 bits per heavy atom. The van der Waals surface area contributed by atoms with Crippen molar-refractivity contribution >= 4 is 5.78 Å². The first-order chi connectivity index (χ1) is 7.27. The Hall–Kier alpha value is -2.04. The zero-order chi connectivity index (χ0) is 10.7. The van der Waals surface area contributed by atoms with E-state index in [0.717, 1.165) is 0 Å². The highest BCUT2D eigenvalue weighted by Crippen LogP contribution is 2.08. The van der Waals surface area contributed by atoms with Gasteiger partial charge in [0.2, 0.25) is 5.78 Å². The molecular formula is C10H8FN3O. The van der Waals surface area contributed by atoms with Crippen molar-refractivity contribution in [2.24, 2.45) is 0 Å². The van der Waals surface area contributed by atoms with Gasteiger partial charge >= 0.3 is 0 Å². The fraction of sp³-hybridized carbons (Fsp3) is 0.100. The first kappa shape index (κ1) is 9.51. The molecule has 0 amide bonds. The standard InChI is InChI=1S/C10H8FN3O/c11-8-4-2-1-3-7(8)5-9(15)10-12-6-13-14-10/h1-4,6H,5H2,(H,12,13,14). The molecule has 0 aliphatic carbocycles. The van der Waals surface area contributed by atoms with E-state index in [1.165, 1.54) is 12.4 Å². The van der Waals surface area contributed by atoms with Crippen LogP contribution in [-0.2, 0) is 6.42 Å². The van der Waals surface area contributed by atoms with Crippen LogP contribution in [0.15, 0.2) is 30.6 Å². The molecule has 0 saturated heterocycles. The van der Waals surface area contributed by atoms with Crippen molar-refractivity contribution in [1.82, 2.24) is 15.2 Å². The smallest absolute Gasteiger partial charge is 0.204 e. The van der Waals surface area contributed by atoms with Crippen LogP contribution < -0.4 is 0 Å². The van der Waals surface area contributed by atoms with Gasteiger partial charge in [-0.3, -0.25) is 9.89 Å². The number of aromatic nitrogens is 3. The van der Waals surface area contributed by atoms with Gasteiger partial charge in [-0.15, -0.1) is 0 Å². The molecule has 0 atom stereocenters. The zero-order valence-electron chi connectivity index (χ0n) is 7.77. The number of hydrogen-bond acceptors (Lipinski definition) is 3. The number of rotatable bonds is 3. The third kappa shape index (κ3) is 2.07. The summed E-state index contributed by atoms with van der Waals surface area (Å²) in [6.07, 6.45) is 1.23. The summed E-state index contributed by atoms with van der Waals surface area (Å²) >= 11 is 0. The number of halogens is 1. The molecule has 0 radical (unpaired) electrons. The topological polar surface area (TPSA) is 58.6 Å². The van der Waals surface area contributed by atoms with E-state index in [9.17, 15) is 9.18 Å². The highest BCUT2D eigenvalue weighted by atomic mass is 19.1.